The second-order valence-corrected chi connectivity index (χ2v) is 10.6. The molecule has 1 saturated heterocycles. The van der Waals surface area contributed by atoms with Gasteiger partial charge in [-0.2, -0.15) is 0 Å². The largest absolute Gasteiger partial charge is 0.352 e. The van der Waals surface area contributed by atoms with Crippen molar-refractivity contribution in [3.8, 4) is 0 Å². The molecule has 0 aliphatic carbocycles. The van der Waals surface area contributed by atoms with Crippen LogP contribution >= 0.6 is 0 Å². The molecule has 0 saturated carbocycles. The molecular formula is C28H46N2O2. The topological polar surface area (TPSA) is 33.7 Å². The number of nitrogens with zero attached hydrogens (tertiary/aromatic N) is 1. The van der Waals surface area contributed by atoms with Crippen molar-refractivity contribution in [1.29, 1.82) is 0 Å². The molecule has 2 aliphatic rings. The minimum absolute atomic E-state index is 0.0633. The minimum Gasteiger partial charge on any atom is -0.352 e. The van der Waals surface area contributed by atoms with Crippen molar-refractivity contribution in [2.45, 2.75) is 72.6 Å². The first kappa shape index (κ1) is 25.4. The summed E-state index contributed by atoms with van der Waals surface area (Å²) in [4.78, 5) is 2.68. The summed E-state index contributed by atoms with van der Waals surface area (Å²) < 4.78 is 12.3. The van der Waals surface area contributed by atoms with Crippen molar-refractivity contribution in [2.75, 3.05) is 39.4 Å². The molecule has 3 rings (SSSR count). The zero-order valence-corrected chi connectivity index (χ0v) is 20.9. The van der Waals surface area contributed by atoms with Gasteiger partial charge >= 0.3 is 0 Å². The van der Waals surface area contributed by atoms with E-state index in [0.29, 0.717) is 11.8 Å². The van der Waals surface area contributed by atoms with Crippen LogP contribution in [0.15, 0.2) is 42.0 Å². The molecule has 4 heteroatoms. The third kappa shape index (κ3) is 8.30. The van der Waals surface area contributed by atoms with Crippen LogP contribution in [-0.2, 0) is 16.0 Å². The van der Waals surface area contributed by atoms with E-state index in [-0.39, 0.29) is 11.7 Å². The quantitative estimate of drug-likeness (QED) is 0.335. The third-order valence-electron chi connectivity index (χ3n) is 6.91. The van der Waals surface area contributed by atoms with Crippen LogP contribution in [0.25, 0.3) is 0 Å². The Labute approximate surface area is 196 Å². The Balaban J connectivity index is 1.61. The Morgan fingerprint density at radius 2 is 1.88 bits per heavy atom. The van der Waals surface area contributed by atoms with Gasteiger partial charge in [-0.25, -0.2) is 0 Å². The lowest BCUT2D eigenvalue weighted by Gasteiger charge is -2.39. The Morgan fingerprint density at radius 1 is 1.12 bits per heavy atom. The van der Waals surface area contributed by atoms with Crippen molar-refractivity contribution < 1.29 is 9.47 Å². The first-order chi connectivity index (χ1) is 15.5. The van der Waals surface area contributed by atoms with Crippen molar-refractivity contribution in [2.24, 2.45) is 17.3 Å². The highest BCUT2D eigenvalue weighted by Gasteiger charge is 2.33. The molecule has 0 radical (unpaired) electrons. The number of hydrogen-bond acceptors (Lipinski definition) is 4. The predicted molar refractivity (Wildman–Crippen MR) is 134 cm³/mol. The maximum atomic E-state index is 6.16. The minimum atomic E-state index is -0.0633. The van der Waals surface area contributed by atoms with Gasteiger partial charge in [0.25, 0.3) is 0 Å². The predicted octanol–water partition coefficient (Wildman–Crippen LogP) is 5.64. The van der Waals surface area contributed by atoms with E-state index in [0.717, 1.165) is 52.1 Å². The third-order valence-corrected chi connectivity index (χ3v) is 6.91. The van der Waals surface area contributed by atoms with Gasteiger partial charge in [0.15, 0.2) is 6.29 Å². The lowest BCUT2D eigenvalue weighted by atomic mass is 9.82. The molecule has 1 N–H and O–H groups in total. The summed E-state index contributed by atoms with van der Waals surface area (Å²) in [7, 11) is 0. The Morgan fingerprint density at radius 3 is 2.56 bits per heavy atom. The number of nitrogens with one attached hydrogen (secondary N) is 1. The van der Waals surface area contributed by atoms with E-state index in [1.807, 2.05) is 0 Å². The van der Waals surface area contributed by atoms with Crippen LogP contribution in [0.5, 0.6) is 0 Å². The zero-order valence-electron chi connectivity index (χ0n) is 20.9. The first-order valence-corrected chi connectivity index (χ1v) is 12.9. The van der Waals surface area contributed by atoms with Gasteiger partial charge in [-0.15, -0.1) is 0 Å². The van der Waals surface area contributed by atoms with E-state index >= 15 is 0 Å². The Hall–Kier alpha value is -1.20. The van der Waals surface area contributed by atoms with Crippen LogP contribution < -0.4 is 5.32 Å². The SMILES string of the molecule is CCCCN1CC(CC)=CC(C(CCNCc2ccccc2)CC2OCC(C)(C)CO2)C1. The van der Waals surface area contributed by atoms with Gasteiger partial charge in [0.1, 0.15) is 0 Å². The number of unbranched alkanes of at least 4 members (excludes halogenated alkanes) is 1. The molecule has 0 aromatic heterocycles. The summed E-state index contributed by atoms with van der Waals surface area (Å²) in [5.41, 5.74) is 3.08. The first-order valence-electron chi connectivity index (χ1n) is 12.9. The average molecular weight is 443 g/mol. The number of hydrogen-bond donors (Lipinski definition) is 1. The van der Waals surface area contributed by atoms with Crippen LogP contribution in [0.4, 0.5) is 0 Å². The van der Waals surface area contributed by atoms with Gasteiger partial charge < -0.3 is 14.8 Å². The molecule has 0 amide bonds. The summed E-state index contributed by atoms with van der Waals surface area (Å²) in [6.07, 6.45) is 8.38. The van der Waals surface area contributed by atoms with Gasteiger partial charge in [-0.05, 0) is 49.8 Å². The lowest BCUT2D eigenvalue weighted by molar-refractivity contribution is -0.229. The summed E-state index contributed by atoms with van der Waals surface area (Å²) in [5, 5.41) is 3.68. The number of ether oxygens (including phenoxy) is 2. The summed E-state index contributed by atoms with van der Waals surface area (Å²) in [6.45, 7) is 16.1. The Bertz CT molecular complexity index is 678. The molecule has 1 aromatic rings. The van der Waals surface area contributed by atoms with Crippen LogP contribution in [0.1, 0.15) is 65.4 Å². The fourth-order valence-electron chi connectivity index (χ4n) is 4.86. The van der Waals surface area contributed by atoms with Crippen LogP contribution in [-0.4, -0.2) is 50.6 Å². The fraction of sp³-hybridized carbons (Fsp3) is 0.714. The van der Waals surface area contributed by atoms with Crippen molar-refractivity contribution in [1.82, 2.24) is 10.2 Å². The molecule has 0 bridgehead atoms. The van der Waals surface area contributed by atoms with Crippen molar-refractivity contribution >= 4 is 0 Å². The van der Waals surface area contributed by atoms with E-state index in [9.17, 15) is 0 Å². The highest BCUT2D eigenvalue weighted by Crippen LogP contribution is 2.33. The highest BCUT2D eigenvalue weighted by molar-refractivity contribution is 5.14. The molecule has 32 heavy (non-hydrogen) atoms. The van der Waals surface area contributed by atoms with Gasteiger partial charge in [0.05, 0.1) is 13.2 Å². The summed E-state index contributed by atoms with van der Waals surface area (Å²) >= 11 is 0. The van der Waals surface area contributed by atoms with E-state index in [2.05, 4.69) is 74.3 Å². The molecule has 180 valence electrons. The van der Waals surface area contributed by atoms with E-state index in [1.54, 1.807) is 5.57 Å². The standard InChI is InChI=1S/C28H46N2O2/c1-5-7-15-30-19-23(6-2)16-26(20-30)25(17-27-31-21-28(3,4)22-32-27)13-14-29-18-24-11-9-8-10-12-24/h8-12,16,25-27,29H,5-7,13-15,17-22H2,1-4H3. The lowest BCUT2D eigenvalue weighted by Crippen LogP contribution is -2.42. The molecular weight excluding hydrogens is 396 g/mol. The molecule has 4 nitrogen and oxygen atoms in total. The average Bonchev–Trinajstić information content (AvgIpc) is 2.81. The second kappa shape index (κ2) is 12.9. The van der Waals surface area contributed by atoms with E-state index in [1.165, 1.54) is 31.5 Å². The molecule has 2 unspecified atom stereocenters. The Kier molecular flexibility index (Phi) is 10.2. The van der Waals surface area contributed by atoms with Gasteiger partial charge in [-0.1, -0.05) is 76.1 Å². The van der Waals surface area contributed by atoms with Crippen LogP contribution in [0, 0.1) is 17.3 Å². The van der Waals surface area contributed by atoms with Gasteiger partial charge in [0.2, 0.25) is 0 Å². The number of rotatable bonds is 12. The summed E-state index contributed by atoms with van der Waals surface area (Å²) in [5.74, 6) is 1.15. The molecule has 1 fully saturated rings. The maximum Gasteiger partial charge on any atom is 0.157 e. The van der Waals surface area contributed by atoms with Gasteiger partial charge in [-0.3, -0.25) is 4.90 Å². The maximum absolute atomic E-state index is 6.16. The second-order valence-electron chi connectivity index (χ2n) is 10.6. The van der Waals surface area contributed by atoms with Crippen molar-refractivity contribution in [3.05, 3.63) is 47.5 Å². The van der Waals surface area contributed by atoms with E-state index in [4.69, 9.17) is 9.47 Å². The molecule has 2 heterocycles. The molecule has 2 aliphatic heterocycles. The monoisotopic (exact) mass is 442 g/mol. The summed E-state index contributed by atoms with van der Waals surface area (Å²) in [6, 6.07) is 10.7. The molecule has 0 spiro atoms. The number of benzene rings is 1. The zero-order chi connectivity index (χ0) is 22.8. The fourth-order valence-corrected chi connectivity index (χ4v) is 4.86. The molecule has 1 aromatic carbocycles. The van der Waals surface area contributed by atoms with Crippen LogP contribution in [0.3, 0.4) is 0 Å². The van der Waals surface area contributed by atoms with Crippen LogP contribution in [0.2, 0.25) is 0 Å². The smallest absolute Gasteiger partial charge is 0.157 e. The van der Waals surface area contributed by atoms with Gasteiger partial charge in [0, 0.05) is 31.5 Å². The molecule has 2 atom stereocenters. The highest BCUT2D eigenvalue weighted by atomic mass is 16.7. The van der Waals surface area contributed by atoms with E-state index < -0.39 is 0 Å². The normalized spacial score (nSPS) is 23.1. The van der Waals surface area contributed by atoms with Crippen molar-refractivity contribution in [3.63, 3.8) is 0 Å².